The predicted molar refractivity (Wildman–Crippen MR) is 92.1 cm³/mol. The van der Waals surface area contributed by atoms with Gasteiger partial charge >= 0.3 is 6.18 Å². The third-order valence-electron chi connectivity index (χ3n) is 4.04. The zero-order chi connectivity index (χ0) is 20.2. The van der Waals surface area contributed by atoms with Crippen LogP contribution in [0.4, 0.5) is 17.6 Å². The summed E-state index contributed by atoms with van der Waals surface area (Å²) in [5, 5.41) is 0. The van der Waals surface area contributed by atoms with Crippen molar-refractivity contribution in [2.24, 2.45) is 0 Å². The second-order valence-corrected chi connectivity index (χ2v) is 10.1. The van der Waals surface area contributed by atoms with E-state index in [0.717, 1.165) is 0 Å². The molecule has 1 rings (SSSR count). The fourth-order valence-electron chi connectivity index (χ4n) is 2.31. The number of ketones is 1. The van der Waals surface area contributed by atoms with Gasteiger partial charge in [-0.05, 0) is 51.3 Å². The van der Waals surface area contributed by atoms with E-state index >= 15 is 0 Å². The zero-order valence-electron chi connectivity index (χ0n) is 15.1. The molecule has 0 unspecified atom stereocenters. The number of halogens is 4. The van der Waals surface area contributed by atoms with Gasteiger partial charge in [0.15, 0.2) is 9.84 Å². The van der Waals surface area contributed by atoms with E-state index in [1.54, 1.807) is 20.8 Å². The van der Waals surface area contributed by atoms with Gasteiger partial charge in [0.25, 0.3) is 0 Å². The van der Waals surface area contributed by atoms with Crippen LogP contribution in [0.5, 0.6) is 0 Å². The topological polar surface area (TPSA) is 51.2 Å². The van der Waals surface area contributed by atoms with Crippen LogP contribution >= 0.6 is 0 Å². The Balaban J connectivity index is 2.47. The Hall–Kier alpha value is -1.44. The first-order valence-corrected chi connectivity index (χ1v) is 9.99. The van der Waals surface area contributed by atoms with E-state index in [0.29, 0.717) is 31.4 Å². The maximum absolute atomic E-state index is 13.2. The Morgan fingerprint density at radius 3 is 2.19 bits per heavy atom. The summed E-state index contributed by atoms with van der Waals surface area (Å²) in [6, 6.07) is 2.53. The monoisotopic (exact) mass is 396 g/mol. The molecular formula is C18H24F4O3S. The van der Waals surface area contributed by atoms with E-state index in [1.165, 1.54) is 6.07 Å². The summed E-state index contributed by atoms with van der Waals surface area (Å²) in [6.07, 6.45) is -3.43. The first-order valence-electron chi connectivity index (χ1n) is 8.33. The smallest absolute Gasteiger partial charge is 0.299 e. The van der Waals surface area contributed by atoms with Gasteiger partial charge in [-0.15, -0.1) is 0 Å². The summed E-state index contributed by atoms with van der Waals surface area (Å²) >= 11 is 0. The van der Waals surface area contributed by atoms with Crippen LogP contribution in [0.15, 0.2) is 18.2 Å². The van der Waals surface area contributed by atoms with Gasteiger partial charge in [-0.2, -0.15) is 13.2 Å². The number of hydrogen-bond acceptors (Lipinski definition) is 3. The molecule has 0 radical (unpaired) electrons. The van der Waals surface area contributed by atoms with Crippen molar-refractivity contribution >= 4 is 15.6 Å². The van der Waals surface area contributed by atoms with E-state index in [1.807, 2.05) is 0 Å². The van der Waals surface area contributed by atoms with Gasteiger partial charge in [0, 0.05) is 12.8 Å². The number of hydrogen-bond donors (Lipinski definition) is 0. The lowest BCUT2D eigenvalue weighted by Crippen LogP contribution is -2.30. The molecule has 1 aromatic carbocycles. The molecule has 26 heavy (non-hydrogen) atoms. The average Bonchev–Trinajstić information content (AvgIpc) is 2.46. The summed E-state index contributed by atoms with van der Waals surface area (Å²) in [6.45, 7) is 4.89. The normalized spacial score (nSPS) is 13.0. The molecule has 0 aromatic heterocycles. The third-order valence-corrected chi connectivity index (χ3v) is 6.73. The summed E-state index contributed by atoms with van der Waals surface area (Å²) in [4.78, 5) is 11.9. The molecular weight excluding hydrogens is 372 g/mol. The largest absolute Gasteiger partial charge is 0.419 e. The minimum absolute atomic E-state index is 0.0393. The number of alkyl halides is 3. The van der Waals surface area contributed by atoms with E-state index in [9.17, 15) is 30.8 Å². The molecule has 1 aromatic rings. The van der Waals surface area contributed by atoms with Gasteiger partial charge in [0.05, 0.1) is 16.1 Å². The minimum Gasteiger partial charge on any atom is -0.299 e. The van der Waals surface area contributed by atoms with Gasteiger partial charge in [-0.25, -0.2) is 12.8 Å². The molecule has 0 fully saturated rings. The Bertz CT molecular complexity index is 732. The molecule has 0 spiro atoms. The zero-order valence-corrected chi connectivity index (χ0v) is 15.9. The van der Waals surface area contributed by atoms with E-state index in [-0.39, 0.29) is 29.9 Å². The Labute approximate surface area is 151 Å². The van der Waals surface area contributed by atoms with Crippen LogP contribution in [0.3, 0.4) is 0 Å². The molecule has 0 bridgehead atoms. The third kappa shape index (κ3) is 6.70. The predicted octanol–water partition coefficient (Wildman–Crippen LogP) is 4.73. The maximum atomic E-state index is 13.2. The van der Waals surface area contributed by atoms with Crippen LogP contribution in [0.1, 0.15) is 57.6 Å². The van der Waals surface area contributed by atoms with Crippen molar-refractivity contribution in [2.75, 3.05) is 5.75 Å². The van der Waals surface area contributed by atoms with Gasteiger partial charge in [0.2, 0.25) is 0 Å². The summed E-state index contributed by atoms with van der Waals surface area (Å²) in [5.74, 6) is -1.59. The van der Waals surface area contributed by atoms with Crippen molar-refractivity contribution in [1.82, 2.24) is 0 Å². The van der Waals surface area contributed by atoms with Crippen molar-refractivity contribution in [3.63, 3.8) is 0 Å². The Morgan fingerprint density at radius 1 is 1.04 bits per heavy atom. The fourth-order valence-corrected chi connectivity index (χ4v) is 3.51. The highest BCUT2D eigenvalue weighted by atomic mass is 32.2. The van der Waals surface area contributed by atoms with E-state index < -0.39 is 32.1 Å². The lowest BCUT2D eigenvalue weighted by Gasteiger charge is -2.18. The van der Waals surface area contributed by atoms with Crippen LogP contribution in [0, 0.1) is 5.82 Å². The van der Waals surface area contributed by atoms with Crippen molar-refractivity contribution in [3.05, 3.63) is 35.1 Å². The summed E-state index contributed by atoms with van der Waals surface area (Å²) < 4.78 is 74.3. The maximum Gasteiger partial charge on any atom is 0.419 e. The molecule has 0 aliphatic heterocycles. The Kier molecular flexibility index (Phi) is 7.39. The van der Waals surface area contributed by atoms with Crippen LogP contribution in [0.2, 0.25) is 0 Å². The van der Waals surface area contributed by atoms with Crippen LogP contribution in [-0.2, 0) is 27.2 Å². The fraction of sp³-hybridized carbons (Fsp3) is 0.611. The molecule has 0 aliphatic rings. The standard InChI is InChI=1S/C18H24F4O3S/c1-17(2,3)26(24,25)10-6-4-5-7-14(23)11-13-8-9-16(19)15(12-13)18(20,21)22/h8-9,12H,4-7,10-11H2,1-3H3. The first kappa shape index (κ1) is 22.6. The quantitative estimate of drug-likeness (QED) is 0.472. The highest BCUT2D eigenvalue weighted by molar-refractivity contribution is 7.92. The summed E-state index contributed by atoms with van der Waals surface area (Å²) in [7, 11) is -3.20. The highest BCUT2D eigenvalue weighted by Crippen LogP contribution is 2.32. The van der Waals surface area contributed by atoms with Gasteiger partial charge in [-0.3, -0.25) is 4.79 Å². The molecule has 0 amide bonds. The molecule has 0 saturated carbocycles. The van der Waals surface area contributed by atoms with Crippen molar-refractivity contribution in [1.29, 1.82) is 0 Å². The van der Waals surface area contributed by atoms with Crippen LogP contribution < -0.4 is 0 Å². The van der Waals surface area contributed by atoms with Crippen molar-refractivity contribution in [2.45, 2.75) is 63.8 Å². The number of carbonyl (C=O) groups excluding carboxylic acids is 1. The minimum atomic E-state index is -4.80. The molecule has 3 nitrogen and oxygen atoms in total. The highest BCUT2D eigenvalue weighted by Gasteiger charge is 2.34. The average molecular weight is 396 g/mol. The molecule has 0 atom stereocenters. The second kappa shape index (κ2) is 8.50. The lowest BCUT2D eigenvalue weighted by atomic mass is 10.0. The SMILES string of the molecule is CC(C)(C)S(=O)(=O)CCCCCC(=O)Cc1ccc(F)c(C(F)(F)F)c1. The van der Waals surface area contributed by atoms with Gasteiger partial charge in [0.1, 0.15) is 11.6 Å². The van der Waals surface area contributed by atoms with Gasteiger partial charge in [-0.1, -0.05) is 12.5 Å². The van der Waals surface area contributed by atoms with Crippen molar-refractivity contribution in [3.8, 4) is 0 Å². The van der Waals surface area contributed by atoms with Crippen molar-refractivity contribution < 1.29 is 30.8 Å². The molecule has 8 heteroatoms. The number of carbonyl (C=O) groups is 1. The molecule has 148 valence electrons. The Morgan fingerprint density at radius 2 is 1.65 bits per heavy atom. The molecule has 0 heterocycles. The number of rotatable bonds is 8. The number of sulfone groups is 1. The lowest BCUT2D eigenvalue weighted by molar-refractivity contribution is -0.140. The van der Waals surface area contributed by atoms with E-state index in [2.05, 4.69) is 0 Å². The number of unbranched alkanes of at least 4 members (excludes halogenated alkanes) is 2. The second-order valence-electron chi connectivity index (χ2n) is 7.27. The molecule has 0 aliphatic carbocycles. The number of benzene rings is 1. The summed E-state index contributed by atoms with van der Waals surface area (Å²) in [5.41, 5.74) is -1.27. The first-order chi connectivity index (χ1) is 11.7. The van der Waals surface area contributed by atoms with Crippen LogP contribution in [-0.4, -0.2) is 24.7 Å². The molecule has 0 N–H and O–H groups in total. The van der Waals surface area contributed by atoms with E-state index in [4.69, 9.17) is 0 Å². The van der Waals surface area contributed by atoms with Gasteiger partial charge < -0.3 is 0 Å². The molecule has 0 saturated heterocycles. The number of Topliss-reactive ketones (excluding diaryl/α,β-unsaturated/α-hetero) is 1. The van der Waals surface area contributed by atoms with Crippen LogP contribution in [0.25, 0.3) is 0 Å².